The zero-order valence-corrected chi connectivity index (χ0v) is 21.2. The summed E-state index contributed by atoms with van der Waals surface area (Å²) in [4.78, 5) is 54.9. The van der Waals surface area contributed by atoms with Gasteiger partial charge in [-0.1, -0.05) is 61.7 Å². The predicted molar refractivity (Wildman–Crippen MR) is 137 cm³/mol. The van der Waals surface area contributed by atoms with E-state index in [1.807, 2.05) is 38.1 Å². The Labute approximate surface area is 212 Å². The van der Waals surface area contributed by atoms with Gasteiger partial charge in [-0.3, -0.25) is 24.1 Å². The zero-order chi connectivity index (χ0) is 25.7. The minimum absolute atomic E-state index is 0.106. The summed E-state index contributed by atoms with van der Waals surface area (Å²) >= 11 is 0. The number of aryl methyl sites for hydroxylation is 1. The summed E-state index contributed by atoms with van der Waals surface area (Å²) < 4.78 is 0. The lowest BCUT2D eigenvalue weighted by Gasteiger charge is -2.32. The number of nitrogens with one attached hydrogen (secondary N) is 1. The maximum absolute atomic E-state index is 13.5. The molecule has 4 amide bonds. The van der Waals surface area contributed by atoms with E-state index in [-0.39, 0.29) is 42.6 Å². The van der Waals surface area contributed by atoms with Crippen LogP contribution in [-0.4, -0.2) is 52.1 Å². The van der Waals surface area contributed by atoms with Crippen LogP contribution >= 0.6 is 0 Å². The second-order valence-electron chi connectivity index (χ2n) is 9.83. The monoisotopic (exact) mass is 489 g/mol. The van der Waals surface area contributed by atoms with Crippen LogP contribution < -0.4 is 5.32 Å². The van der Waals surface area contributed by atoms with E-state index in [1.165, 1.54) is 4.90 Å². The molecule has 1 atom stereocenters. The fourth-order valence-electron chi connectivity index (χ4n) is 5.15. The van der Waals surface area contributed by atoms with Crippen molar-refractivity contribution in [2.45, 2.75) is 77.4 Å². The lowest BCUT2D eigenvalue weighted by molar-refractivity contribution is -0.141. The summed E-state index contributed by atoms with van der Waals surface area (Å²) in [5.74, 6) is -0.894. The molecule has 7 heteroatoms. The van der Waals surface area contributed by atoms with Crippen LogP contribution in [0.3, 0.4) is 0 Å². The fraction of sp³-hybridized carbons (Fsp3) is 0.448. The van der Waals surface area contributed by atoms with Crippen molar-refractivity contribution in [2.75, 3.05) is 6.54 Å². The highest BCUT2D eigenvalue weighted by molar-refractivity contribution is 6.21. The molecule has 1 saturated carbocycles. The topological polar surface area (TPSA) is 86.8 Å². The van der Waals surface area contributed by atoms with Crippen LogP contribution in [-0.2, 0) is 16.1 Å². The standard InChI is InChI=1S/C29H35N3O4/c1-3-25(27(34)30-22-9-4-5-10-22)32(19-21-16-14-20(2)15-17-21)26(33)13-8-18-31-28(35)23-11-6-7-12-24(23)29(31)36/h6-7,11-12,14-17,22,25H,3-5,8-10,13,18-19H2,1-2H3,(H,30,34)/t25-/m1/s1. The molecule has 0 unspecified atom stereocenters. The second kappa shape index (κ2) is 11.5. The Balaban J connectivity index is 1.43. The number of hydrogen-bond acceptors (Lipinski definition) is 4. The van der Waals surface area contributed by atoms with Gasteiger partial charge < -0.3 is 10.2 Å². The van der Waals surface area contributed by atoms with Crippen molar-refractivity contribution in [3.05, 3.63) is 70.8 Å². The maximum Gasteiger partial charge on any atom is 0.261 e. The summed E-state index contributed by atoms with van der Waals surface area (Å²) in [7, 11) is 0. The first-order valence-electron chi connectivity index (χ1n) is 13.0. The largest absolute Gasteiger partial charge is 0.352 e. The first kappa shape index (κ1) is 25.6. The van der Waals surface area contributed by atoms with Gasteiger partial charge in [0.2, 0.25) is 11.8 Å². The second-order valence-corrected chi connectivity index (χ2v) is 9.83. The summed E-state index contributed by atoms with van der Waals surface area (Å²) in [5, 5.41) is 3.15. The van der Waals surface area contributed by atoms with E-state index in [1.54, 1.807) is 29.2 Å². The molecule has 1 heterocycles. The van der Waals surface area contributed by atoms with E-state index in [2.05, 4.69) is 5.32 Å². The molecule has 1 aliphatic carbocycles. The van der Waals surface area contributed by atoms with Crippen molar-refractivity contribution in [2.24, 2.45) is 0 Å². The number of rotatable bonds is 10. The van der Waals surface area contributed by atoms with Crippen molar-refractivity contribution < 1.29 is 19.2 Å². The minimum Gasteiger partial charge on any atom is -0.352 e. The molecule has 1 N–H and O–H groups in total. The Hall–Kier alpha value is -3.48. The van der Waals surface area contributed by atoms with E-state index in [9.17, 15) is 19.2 Å². The number of carbonyl (C=O) groups excluding carboxylic acids is 4. The molecule has 2 aromatic rings. The number of nitrogens with zero attached hydrogens (tertiary/aromatic N) is 2. The molecule has 0 bridgehead atoms. The molecule has 4 rings (SSSR count). The van der Waals surface area contributed by atoms with Crippen molar-refractivity contribution in [1.29, 1.82) is 0 Å². The minimum atomic E-state index is -0.571. The average Bonchev–Trinajstić information content (AvgIpc) is 3.47. The molecule has 0 saturated heterocycles. The lowest BCUT2D eigenvalue weighted by Crippen LogP contribution is -2.51. The van der Waals surface area contributed by atoms with Gasteiger partial charge in [0.15, 0.2) is 0 Å². The van der Waals surface area contributed by atoms with Gasteiger partial charge in [0.1, 0.15) is 6.04 Å². The van der Waals surface area contributed by atoms with Crippen LogP contribution in [0.1, 0.15) is 83.7 Å². The van der Waals surface area contributed by atoms with Gasteiger partial charge in [-0.25, -0.2) is 0 Å². The highest BCUT2D eigenvalue weighted by Crippen LogP contribution is 2.23. The van der Waals surface area contributed by atoms with Gasteiger partial charge in [-0.2, -0.15) is 0 Å². The van der Waals surface area contributed by atoms with Crippen LogP contribution in [0.15, 0.2) is 48.5 Å². The number of benzene rings is 2. The highest BCUT2D eigenvalue weighted by Gasteiger charge is 2.35. The maximum atomic E-state index is 13.5. The lowest BCUT2D eigenvalue weighted by atomic mass is 10.1. The third kappa shape index (κ3) is 5.66. The molecular formula is C29H35N3O4. The van der Waals surface area contributed by atoms with E-state index in [0.29, 0.717) is 30.5 Å². The molecule has 7 nitrogen and oxygen atoms in total. The van der Waals surface area contributed by atoms with Crippen LogP contribution in [0.5, 0.6) is 0 Å². The zero-order valence-electron chi connectivity index (χ0n) is 21.2. The fourth-order valence-corrected chi connectivity index (χ4v) is 5.15. The molecule has 36 heavy (non-hydrogen) atoms. The SMILES string of the molecule is CC[C@H](C(=O)NC1CCCC1)N(Cc1ccc(C)cc1)C(=O)CCCN1C(=O)c2ccccc2C1=O. The first-order chi connectivity index (χ1) is 17.4. The number of hydrogen-bond donors (Lipinski definition) is 1. The molecule has 0 radical (unpaired) electrons. The van der Waals surface area contributed by atoms with Gasteiger partial charge in [-0.15, -0.1) is 0 Å². The molecule has 2 aromatic carbocycles. The van der Waals surface area contributed by atoms with Gasteiger partial charge >= 0.3 is 0 Å². The molecule has 0 spiro atoms. The smallest absolute Gasteiger partial charge is 0.261 e. The summed E-state index contributed by atoms with van der Waals surface area (Å²) in [6.07, 6.45) is 5.19. The normalized spacial score (nSPS) is 16.2. The van der Waals surface area contributed by atoms with E-state index >= 15 is 0 Å². The third-order valence-corrected chi connectivity index (χ3v) is 7.21. The Morgan fingerprint density at radius 3 is 2.19 bits per heavy atom. The van der Waals surface area contributed by atoms with Crippen molar-refractivity contribution in [3.63, 3.8) is 0 Å². The van der Waals surface area contributed by atoms with Gasteiger partial charge in [0, 0.05) is 25.6 Å². The molecule has 2 aliphatic rings. The third-order valence-electron chi connectivity index (χ3n) is 7.21. The van der Waals surface area contributed by atoms with Crippen LogP contribution in [0.2, 0.25) is 0 Å². The average molecular weight is 490 g/mol. The number of amides is 4. The van der Waals surface area contributed by atoms with E-state index in [4.69, 9.17) is 0 Å². The van der Waals surface area contributed by atoms with Gasteiger partial charge in [0.25, 0.3) is 11.8 Å². The van der Waals surface area contributed by atoms with Gasteiger partial charge in [0.05, 0.1) is 11.1 Å². The molecule has 190 valence electrons. The van der Waals surface area contributed by atoms with Crippen molar-refractivity contribution in [3.8, 4) is 0 Å². The Bertz CT molecular complexity index is 1090. The molecule has 1 fully saturated rings. The highest BCUT2D eigenvalue weighted by atomic mass is 16.2. The molecule has 0 aromatic heterocycles. The molecular weight excluding hydrogens is 454 g/mol. The number of imide groups is 1. The van der Waals surface area contributed by atoms with E-state index in [0.717, 1.165) is 36.8 Å². The summed E-state index contributed by atoms with van der Waals surface area (Å²) in [6.45, 7) is 4.44. The Kier molecular flexibility index (Phi) is 8.18. The van der Waals surface area contributed by atoms with Crippen molar-refractivity contribution in [1.82, 2.24) is 15.1 Å². The van der Waals surface area contributed by atoms with E-state index < -0.39 is 6.04 Å². The van der Waals surface area contributed by atoms with Crippen molar-refractivity contribution >= 4 is 23.6 Å². The van der Waals surface area contributed by atoms with Crippen LogP contribution in [0, 0.1) is 6.92 Å². The Morgan fingerprint density at radius 2 is 1.61 bits per heavy atom. The molecule has 1 aliphatic heterocycles. The Morgan fingerprint density at radius 1 is 1.00 bits per heavy atom. The number of carbonyl (C=O) groups is 4. The predicted octanol–water partition coefficient (Wildman–Crippen LogP) is 4.24. The van der Waals surface area contributed by atoms with Gasteiger partial charge in [-0.05, 0) is 50.3 Å². The summed E-state index contributed by atoms with van der Waals surface area (Å²) in [6, 6.07) is 14.3. The van der Waals surface area contributed by atoms with Crippen LogP contribution in [0.4, 0.5) is 0 Å². The first-order valence-corrected chi connectivity index (χ1v) is 13.0. The number of fused-ring (bicyclic) bond motifs is 1. The summed E-state index contributed by atoms with van der Waals surface area (Å²) in [5.41, 5.74) is 2.90. The van der Waals surface area contributed by atoms with Crippen LogP contribution in [0.25, 0.3) is 0 Å². The quantitative estimate of drug-likeness (QED) is 0.506.